The normalized spacial score (nSPS) is 11.8. The number of hydrogen-bond donors (Lipinski definition) is 1. The minimum Gasteiger partial charge on any atom is -0.456 e. The number of rotatable bonds is 1. The number of nitrogens with one attached hydrogen (secondary N) is 1. The van der Waals surface area contributed by atoms with Gasteiger partial charge in [-0.05, 0) is 24.6 Å². The second-order valence-corrected chi connectivity index (χ2v) is 6.31. The van der Waals surface area contributed by atoms with Crippen LogP contribution >= 0.6 is 0 Å². The van der Waals surface area contributed by atoms with Gasteiger partial charge in [-0.1, -0.05) is 36.4 Å². The van der Waals surface area contributed by atoms with E-state index in [1.54, 1.807) is 0 Å². The van der Waals surface area contributed by atoms with Crippen LogP contribution in [-0.4, -0.2) is 4.98 Å². The predicted molar refractivity (Wildman–Crippen MR) is 96.9 cm³/mol. The minimum atomic E-state index is 0.926. The Balaban J connectivity index is 1.85. The standard InChI is InChI=1S/C21H16N2O/c1-13-7-3-4-8-14(13)21-22-17-11-16-15-9-5-6-10-19(15)24-20(16)12-18(17)23(21)2/h3-12H,1-2H3/p+1. The Kier molecular flexibility index (Phi) is 2.63. The van der Waals surface area contributed by atoms with E-state index in [0.717, 1.165) is 38.8 Å². The monoisotopic (exact) mass is 313 g/mol. The Bertz CT molecular complexity index is 1230. The lowest BCUT2D eigenvalue weighted by atomic mass is 10.1. The van der Waals surface area contributed by atoms with Gasteiger partial charge < -0.3 is 4.42 Å². The third-order valence-electron chi connectivity index (χ3n) is 4.85. The molecule has 2 aromatic heterocycles. The van der Waals surface area contributed by atoms with Gasteiger partial charge in [-0.3, -0.25) is 0 Å². The molecule has 0 amide bonds. The van der Waals surface area contributed by atoms with Gasteiger partial charge >= 0.3 is 0 Å². The lowest BCUT2D eigenvalue weighted by Crippen LogP contribution is -2.29. The van der Waals surface area contributed by atoms with Crippen molar-refractivity contribution in [2.24, 2.45) is 7.05 Å². The zero-order valence-corrected chi connectivity index (χ0v) is 13.6. The van der Waals surface area contributed by atoms with Gasteiger partial charge in [0.1, 0.15) is 11.2 Å². The molecule has 116 valence electrons. The number of aromatic nitrogens is 2. The van der Waals surface area contributed by atoms with E-state index in [4.69, 9.17) is 4.42 Å². The Morgan fingerprint density at radius 2 is 1.67 bits per heavy atom. The molecule has 2 heterocycles. The molecule has 0 saturated carbocycles. The van der Waals surface area contributed by atoms with Crippen molar-refractivity contribution in [3.63, 3.8) is 0 Å². The van der Waals surface area contributed by atoms with Crippen LogP contribution in [0, 0.1) is 6.92 Å². The Hall–Kier alpha value is -3.07. The van der Waals surface area contributed by atoms with Crippen molar-refractivity contribution in [3.05, 3.63) is 66.2 Å². The van der Waals surface area contributed by atoms with Gasteiger partial charge in [0.15, 0.2) is 11.0 Å². The largest absolute Gasteiger partial charge is 0.456 e. The van der Waals surface area contributed by atoms with Crippen LogP contribution in [0.5, 0.6) is 0 Å². The fraction of sp³-hybridized carbons (Fsp3) is 0.0952. The van der Waals surface area contributed by atoms with Gasteiger partial charge in [-0.15, -0.1) is 0 Å². The molecule has 5 aromatic rings. The summed E-state index contributed by atoms with van der Waals surface area (Å²) < 4.78 is 8.23. The van der Waals surface area contributed by atoms with Crippen LogP contribution in [-0.2, 0) is 7.05 Å². The molecule has 0 aliphatic rings. The molecule has 0 radical (unpaired) electrons. The molecule has 0 saturated heterocycles. The molecule has 0 fully saturated rings. The van der Waals surface area contributed by atoms with Gasteiger partial charge in [-0.2, -0.15) is 0 Å². The SMILES string of the molecule is Cc1ccccc1-c1[nH]c2cc3c(cc2[n+]1C)oc1ccccc13. The summed E-state index contributed by atoms with van der Waals surface area (Å²) >= 11 is 0. The van der Waals surface area contributed by atoms with E-state index in [0.29, 0.717) is 0 Å². The summed E-state index contributed by atoms with van der Waals surface area (Å²) in [5.74, 6) is 1.11. The highest BCUT2D eigenvalue weighted by atomic mass is 16.3. The van der Waals surface area contributed by atoms with Crippen molar-refractivity contribution in [3.8, 4) is 11.4 Å². The maximum Gasteiger partial charge on any atom is 0.287 e. The first-order chi connectivity index (χ1) is 11.7. The zero-order valence-electron chi connectivity index (χ0n) is 13.6. The summed E-state index contributed by atoms with van der Waals surface area (Å²) in [5.41, 5.74) is 6.60. The number of H-pyrrole nitrogens is 1. The zero-order chi connectivity index (χ0) is 16.3. The molecular weight excluding hydrogens is 296 g/mol. The molecule has 0 bridgehead atoms. The number of hydrogen-bond acceptors (Lipinski definition) is 1. The second kappa shape index (κ2) is 4.71. The second-order valence-electron chi connectivity index (χ2n) is 6.31. The number of para-hydroxylation sites is 1. The van der Waals surface area contributed by atoms with E-state index in [1.165, 1.54) is 11.1 Å². The number of furan rings is 1. The summed E-state index contributed by atoms with van der Waals surface area (Å²) in [6, 6.07) is 20.9. The Morgan fingerprint density at radius 1 is 0.875 bits per heavy atom. The van der Waals surface area contributed by atoms with Crippen LogP contribution in [0.1, 0.15) is 5.56 Å². The highest BCUT2D eigenvalue weighted by Gasteiger charge is 2.20. The van der Waals surface area contributed by atoms with E-state index in [9.17, 15) is 0 Å². The Morgan fingerprint density at radius 3 is 2.54 bits per heavy atom. The van der Waals surface area contributed by atoms with Crippen LogP contribution in [0.3, 0.4) is 0 Å². The van der Waals surface area contributed by atoms with Gasteiger partial charge in [0.2, 0.25) is 0 Å². The molecular formula is C21H17N2O+. The molecule has 24 heavy (non-hydrogen) atoms. The van der Waals surface area contributed by atoms with E-state index in [-0.39, 0.29) is 0 Å². The van der Waals surface area contributed by atoms with Crippen molar-refractivity contribution in [1.82, 2.24) is 4.98 Å². The average molecular weight is 313 g/mol. The van der Waals surface area contributed by atoms with Crippen molar-refractivity contribution < 1.29 is 8.98 Å². The third kappa shape index (κ3) is 1.75. The Labute approximate surface area is 139 Å². The summed E-state index contributed by atoms with van der Waals surface area (Å²) in [5, 5.41) is 2.31. The molecule has 0 aliphatic heterocycles. The van der Waals surface area contributed by atoms with E-state index in [2.05, 4.69) is 72.1 Å². The van der Waals surface area contributed by atoms with Gasteiger partial charge in [0, 0.05) is 22.9 Å². The topological polar surface area (TPSA) is 32.8 Å². The van der Waals surface area contributed by atoms with Crippen LogP contribution in [0.4, 0.5) is 0 Å². The molecule has 0 unspecified atom stereocenters. The van der Waals surface area contributed by atoms with Crippen LogP contribution in [0.2, 0.25) is 0 Å². The van der Waals surface area contributed by atoms with Gasteiger partial charge in [0.25, 0.3) is 5.82 Å². The molecule has 5 rings (SSSR count). The molecule has 3 aromatic carbocycles. The van der Waals surface area contributed by atoms with Crippen LogP contribution < -0.4 is 4.57 Å². The fourth-order valence-electron chi connectivity index (χ4n) is 3.56. The number of nitrogens with zero attached hydrogens (tertiary/aromatic N) is 1. The number of aryl methyl sites for hydroxylation is 2. The summed E-state index contributed by atoms with van der Waals surface area (Å²) in [4.78, 5) is 3.59. The first-order valence-corrected chi connectivity index (χ1v) is 8.11. The summed E-state index contributed by atoms with van der Waals surface area (Å²) in [6.07, 6.45) is 0. The van der Waals surface area contributed by atoms with E-state index < -0.39 is 0 Å². The van der Waals surface area contributed by atoms with Gasteiger partial charge in [0.05, 0.1) is 12.6 Å². The first kappa shape index (κ1) is 13.4. The molecule has 1 N–H and O–H groups in total. The quantitative estimate of drug-likeness (QED) is 0.440. The predicted octanol–water partition coefficient (Wildman–Crippen LogP) is 4.87. The van der Waals surface area contributed by atoms with Crippen molar-refractivity contribution in [2.45, 2.75) is 6.92 Å². The van der Waals surface area contributed by atoms with Gasteiger partial charge in [-0.25, -0.2) is 9.55 Å². The van der Waals surface area contributed by atoms with Crippen molar-refractivity contribution in [1.29, 1.82) is 0 Å². The summed E-state index contributed by atoms with van der Waals surface area (Å²) in [6.45, 7) is 2.14. The molecule has 0 aliphatic carbocycles. The summed E-state index contributed by atoms with van der Waals surface area (Å²) in [7, 11) is 2.09. The van der Waals surface area contributed by atoms with Crippen LogP contribution in [0.25, 0.3) is 44.4 Å². The lowest BCUT2D eigenvalue weighted by Gasteiger charge is -1.99. The fourth-order valence-corrected chi connectivity index (χ4v) is 3.56. The number of fused-ring (bicyclic) bond motifs is 4. The number of aromatic amines is 1. The highest BCUT2D eigenvalue weighted by Crippen LogP contribution is 2.32. The third-order valence-corrected chi connectivity index (χ3v) is 4.85. The maximum atomic E-state index is 6.03. The average Bonchev–Trinajstić information content (AvgIpc) is 3.11. The highest BCUT2D eigenvalue weighted by molar-refractivity contribution is 6.08. The number of imidazole rings is 1. The smallest absolute Gasteiger partial charge is 0.287 e. The number of benzene rings is 3. The van der Waals surface area contributed by atoms with Crippen molar-refractivity contribution >= 4 is 33.0 Å². The molecule has 0 atom stereocenters. The van der Waals surface area contributed by atoms with E-state index >= 15 is 0 Å². The van der Waals surface area contributed by atoms with Crippen LogP contribution in [0.15, 0.2) is 65.1 Å². The molecule has 3 nitrogen and oxygen atoms in total. The molecule has 3 heteroatoms. The lowest BCUT2D eigenvalue weighted by molar-refractivity contribution is -0.633. The maximum absolute atomic E-state index is 6.03. The van der Waals surface area contributed by atoms with E-state index in [1.807, 2.05) is 12.1 Å². The molecule has 0 spiro atoms. The minimum absolute atomic E-state index is 0.926. The first-order valence-electron chi connectivity index (χ1n) is 8.11. The van der Waals surface area contributed by atoms with Crippen molar-refractivity contribution in [2.75, 3.05) is 0 Å².